The third-order valence-electron chi connectivity index (χ3n) is 4.19. The van der Waals surface area contributed by atoms with Gasteiger partial charge in [0.2, 0.25) is 0 Å². The van der Waals surface area contributed by atoms with Crippen LogP contribution in [0.25, 0.3) is 0 Å². The highest BCUT2D eigenvalue weighted by atomic mass is 16.5. The van der Waals surface area contributed by atoms with Crippen LogP contribution in [0.15, 0.2) is 48.5 Å². The molecular formula is C18H21NO. The normalized spacial score (nSPS) is 18.6. The summed E-state index contributed by atoms with van der Waals surface area (Å²) in [6, 6.07) is 17.7. The van der Waals surface area contributed by atoms with Crippen LogP contribution in [0.5, 0.6) is 5.75 Å². The monoisotopic (exact) mass is 267 g/mol. The summed E-state index contributed by atoms with van der Waals surface area (Å²) in [4.78, 5) is 0. The van der Waals surface area contributed by atoms with Crippen LogP contribution in [0.1, 0.15) is 42.1 Å². The van der Waals surface area contributed by atoms with Crippen molar-refractivity contribution in [3.63, 3.8) is 0 Å². The number of hydrogen-bond acceptors (Lipinski definition) is 2. The van der Waals surface area contributed by atoms with Crippen LogP contribution in [0.3, 0.4) is 0 Å². The fraction of sp³-hybridized carbons (Fsp3) is 0.333. The second kappa shape index (κ2) is 5.68. The fourth-order valence-corrected chi connectivity index (χ4v) is 3.15. The molecule has 2 nitrogen and oxygen atoms in total. The highest BCUT2D eigenvalue weighted by Crippen LogP contribution is 2.34. The Morgan fingerprint density at radius 2 is 1.85 bits per heavy atom. The lowest BCUT2D eigenvalue weighted by molar-refractivity contribution is 0.393. The predicted octanol–water partition coefficient (Wildman–Crippen LogP) is 4.03. The molecule has 0 bridgehead atoms. The summed E-state index contributed by atoms with van der Waals surface area (Å²) >= 11 is 0. The van der Waals surface area contributed by atoms with Gasteiger partial charge in [0.15, 0.2) is 0 Å². The van der Waals surface area contributed by atoms with Crippen LogP contribution >= 0.6 is 0 Å². The number of hydrogen-bond donors (Lipinski definition) is 1. The Kier molecular flexibility index (Phi) is 3.75. The van der Waals surface area contributed by atoms with Gasteiger partial charge in [-0.1, -0.05) is 42.5 Å². The molecule has 0 amide bonds. The Labute approximate surface area is 120 Å². The number of aryl methyl sites for hydroxylation is 1. The first kappa shape index (κ1) is 13.2. The molecule has 1 aliphatic rings. The number of benzene rings is 2. The Hall–Kier alpha value is -1.80. The largest absolute Gasteiger partial charge is 0.496 e. The zero-order chi connectivity index (χ0) is 13.9. The topological polar surface area (TPSA) is 21.3 Å². The third-order valence-corrected chi connectivity index (χ3v) is 4.19. The van der Waals surface area contributed by atoms with E-state index in [1.165, 1.54) is 29.5 Å². The molecule has 1 N–H and O–H groups in total. The van der Waals surface area contributed by atoms with E-state index in [-0.39, 0.29) is 6.04 Å². The van der Waals surface area contributed by atoms with E-state index in [1.54, 1.807) is 7.11 Å². The average Bonchev–Trinajstić information content (AvgIpc) is 2.90. The molecule has 3 rings (SSSR count). The van der Waals surface area contributed by atoms with Crippen molar-refractivity contribution < 1.29 is 4.74 Å². The van der Waals surface area contributed by atoms with Crippen molar-refractivity contribution in [3.8, 4) is 5.75 Å². The second-order valence-electron chi connectivity index (χ2n) is 5.42. The Morgan fingerprint density at radius 1 is 1.10 bits per heavy atom. The standard InChI is InChI=1S/C18H21NO/c1-13(15-8-5-6-10-18(15)20-2)19-17-12-11-14-7-3-4-9-16(14)17/h3-10,13,17,19H,11-12H2,1-2H3/t13-,17?/m1/s1. The predicted molar refractivity (Wildman–Crippen MR) is 82.0 cm³/mol. The van der Waals surface area contributed by atoms with Crippen molar-refractivity contribution in [2.24, 2.45) is 0 Å². The molecule has 0 heterocycles. The SMILES string of the molecule is COc1ccccc1[C@@H](C)NC1CCc2ccccc21. The van der Waals surface area contributed by atoms with Crippen LogP contribution in [0.2, 0.25) is 0 Å². The van der Waals surface area contributed by atoms with Gasteiger partial charge in [-0.25, -0.2) is 0 Å². The molecule has 0 aliphatic heterocycles. The van der Waals surface area contributed by atoms with Crippen molar-refractivity contribution in [3.05, 3.63) is 65.2 Å². The van der Waals surface area contributed by atoms with E-state index in [0.29, 0.717) is 6.04 Å². The van der Waals surface area contributed by atoms with Crippen LogP contribution in [-0.2, 0) is 6.42 Å². The van der Waals surface area contributed by atoms with Crippen LogP contribution in [0.4, 0.5) is 0 Å². The smallest absolute Gasteiger partial charge is 0.123 e. The number of fused-ring (bicyclic) bond motifs is 1. The molecule has 0 spiro atoms. The minimum Gasteiger partial charge on any atom is -0.496 e. The molecule has 0 radical (unpaired) electrons. The Bertz CT molecular complexity index is 593. The Morgan fingerprint density at radius 3 is 2.70 bits per heavy atom. The number of ether oxygens (including phenoxy) is 1. The minimum absolute atomic E-state index is 0.280. The first-order valence-electron chi connectivity index (χ1n) is 7.26. The molecular weight excluding hydrogens is 246 g/mol. The van der Waals surface area contributed by atoms with E-state index in [4.69, 9.17) is 4.74 Å². The van der Waals surface area contributed by atoms with Crippen molar-refractivity contribution in [2.45, 2.75) is 31.8 Å². The first-order valence-corrected chi connectivity index (χ1v) is 7.26. The number of methoxy groups -OCH3 is 1. The Balaban J connectivity index is 1.79. The molecule has 0 saturated heterocycles. The van der Waals surface area contributed by atoms with Gasteiger partial charge in [0, 0.05) is 17.6 Å². The number of nitrogens with one attached hydrogen (secondary N) is 1. The summed E-state index contributed by atoms with van der Waals surface area (Å²) in [6.45, 7) is 2.21. The molecule has 0 fully saturated rings. The third kappa shape index (κ3) is 2.44. The lowest BCUT2D eigenvalue weighted by atomic mass is 10.0. The maximum absolute atomic E-state index is 5.46. The minimum atomic E-state index is 0.280. The zero-order valence-electron chi connectivity index (χ0n) is 12.1. The zero-order valence-corrected chi connectivity index (χ0v) is 12.1. The molecule has 2 heteroatoms. The summed E-state index contributed by atoms with van der Waals surface area (Å²) in [5, 5.41) is 3.75. The maximum Gasteiger partial charge on any atom is 0.123 e. The van der Waals surface area contributed by atoms with Gasteiger partial charge < -0.3 is 10.1 Å². The van der Waals surface area contributed by atoms with E-state index in [9.17, 15) is 0 Å². The van der Waals surface area contributed by atoms with Crippen LogP contribution in [0, 0.1) is 0 Å². The first-order chi connectivity index (χ1) is 9.79. The summed E-state index contributed by atoms with van der Waals surface area (Å²) in [5.74, 6) is 0.957. The number of rotatable bonds is 4. The summed E-state index contributed by atoms with van der Waals surface area (Å²) in [5.41, 5.74) is 4.16. The van der Waals surface area contributed by atoms with Gasteiger partial charge in [-0.15, -0.1) is 0 Å². The van der Waals surface area contributed by atoms with Gasteiger partial charge in [-0.05, 0) is 37.0 Å². The molecule has 2 aromatic carbocycles. The molecule has 20 heavy (non-hydrogen) atoms. The lowest BCUT2D eigenvalue weighted by Crippen LogP contribution is -2.23. The lowest BCUT2D eigenvalue weighted by Gasteiger charge is -2.22. The van der Waals surface area contributed by atoms with Crippen molar-refractivity contribution in [1.29, 1.82) is 0 Å². The second-order valence-corrected chi connectivity index (χ2v) is 5.42. The summed E-state index contributed by atoms with van der Waals surface area (Å²) in [6.07, 6.45) is 2.35. The van der Waals surface area contributed by atoms with Gasteiger partial charge >= 0.3 is 0 Å². The quantitative estimate of drug-likeness (QED) is 0.903. The van der Waals surface area contributed by atoms with Gasteiger partial charge in [0.1, 0.15) is 5.75 Å². The van der Waals surface area contributed by atoms with E-state index in [1.807, 2.05) is 12.1 Å². The van der Waals surface area contributed by atoms with E-state index >= 15 is 0 Å². The van der Waals surface area contributed by atoms with Gasteiger partial charge in [0.25, 0.3) is 0 Å². The van der Waals surface area contributed by atoms with Crippen molar-refractivity contribution in [1.82, 2.24) is 5.32 Å². The van der Waals surface area contributed by atoms with Gasteiger partial charge in [-0.2, -0.15) is 0 Å². The summed E-state index contributed by atoms with van der Waals surface area (Å²) < 4.78 is 5.46. The van der Waals surface area contributed by atoms with E-state index in [0.717, 1.165) is 5.75 Å². The molecule has 104 valence electrons. The molecule has 1 unspecified atom stereocenters. The molecule has 0 saturated carbocycles. The van der Waals surface area contributed by atoms with Gasteiger partial charge in [-0.3, -0.25) is 0 Å². The van der Waals surface area contributed by atoms with Crippen LogP contribution in [-0.4, -0.2) is 7.11 Å². The van der Waals surface area contributed by atoms with Gasteiger partial charge in [0.05, 0.1) is 7.11 Å². The summed E-state index contributed by atoms with van der Waals surface area (Å²) in [7, 11) is 1.73. The van der Waals surface area contributed by atoms with Crippen molar-refractivity contribution >= 4 is 0 Å². The molecule has 1 aliphatic carbocycles. The van der Waals surface area contributed by atoms with E-state index < -0.39 is 0 Å². The molecule has 2 atom stereocenters. The molecule has 2 aromatic rings. The van der Waals surface area contributed by atoms with Crippen molar-refractivity contribution in [2.75, 3.05) is 7.11 Å². The fourth-order valence-electron chi connectivity index (χ4n) is 3.15. The average molecular weight is 267 g/mol. The maximum atomic E-state index is 5.46. The van der Waals surface area contributed by atoms with Crippen LogP contribution < -0.4 is 10.1 Å². The number of para-hydroxylation sites is 1. The molecule has 0 aromatic heterocycles. The highest BCUT2D eigenvalue weighted by molar-refractivity contribution is 5.37. The van der Waals surface area contributed by atoms with E-state index in [2.05, 4.69) is 48.6 Å². The highest BCUT2D eigenvalue weighted by Gasteiger charge is 2.24.